The van der Waals surface area contributed by atoms with E-state index in [-0.39, 0.29) is 5.91 Å². The number of carbonyl (C=O) groups is 1. The minimum Gasteiger partial charge on any atom is -0.342 e. The Bertz CT molecular complexity index is 480. The largest absolute Gasteiger partial charge is 0.342 e. The zero-order valence-electron chi connectivity index (χ0n) is 12.3. The summed E-state index contributed by atoms with van der Waals surface area (Å²) in [5.74, 6) is 0.900. The number of amides is 1. The summed E-state index contributed by atoms with van der Waals surface area (Å²) in [4.78, 5) is 14.1. The van der Waals surface area contributed by atoms with Crippen LogP contribution in [0.4, 0.5) is 0 Å². The van der Waals surface area contributed by atoms with Crippen molar-refractivity contribution in [3.63, 3.8) is 0 Å². The number of carbonyl (C=O) groups excluding carboxylic acids is 1. The number of hydrogen-bond acceptors (Lipinski definition) is 2. The van der Waals surface area contributed by atoms with Crippen molar-refractivity contribution in [1.29, 1.82) is 0 Å². The third kappa shape index (κ3) is 2.73. The van der Waals surface area contributed by atoms with Crippen molar-refractivity contribution in [3.8, 4) is 0 Å². The summed E-state index contributed by atoms with van der Waals surface area (Å²) in [6, 6.07) is 9.01. The normalized spacial score (nSPS) is 25.6. The molecule has 0 saturated carbocycles. The van der Waals surface area contributed by atoms with E-state index in [4.69, 9.17) is 0 Å². The van der Waals surface area contributed by atoms with Gasteiger partial charge in [-0.25, -0.2) is 0 Å². The third-order valence-electron chi connectivity index (χ3n) is 4.75. The van der Waals surface area contributed by atoms with Crippen LogP contribution in [0.3, 0.4) is 0 Å². The van der Waals surface area contributed by atoms with E-state index in [0.717, 1.165) is 32.4 Å². The molecule has 2 atom stereocenters. The SMILES string of the molecule is CC1CCC(NCC(=O)N2CCCC2)c2ccccc21. The minimum absolute atomic E-state index is 0.263. The van der Waals surface area contributed by atoms with Crippen molar-refractivity contribution in [2.75, 3.05) is 19.6 Å². The van der Waals surface area contributed by atoms with Gasteiger partial charge in [0.15, 0.2) is 0 Å². The van der Waals surface area contributed by atoms with E-state index < -0.39 is 0 Å². The summed E-state index contributed by atoms with van der Waals surface area (Å²) in [6.45, 7) is 4.66. The molecule has 0 aromatic heterocycles. The fourth-order valence-electron chi connectivity index (χ4n) is 3.51. The molecule has 2 unspecified atom stereocenters. The molecular formula is C17H24N2O. The second-order valence-electron chi connectivity index (χ2n) is 6.13. The maximum absolute atomic E-state index is 12.1. The van der Waals surface area contributed by atoms with Crippen LogP contribution in [0.5, 0.6) is 0 Å². The van der Waals surface area contributed by atoms with Crippen LogP contribution in [-0.2, 0) is 4.79 Å². The predicted octanol–water partition coefficient (Wildman–Crippen LogP) is 2.84. The van der Waals surface area contributed by atoms with Gasteiger partial charge in [-0.1, -0.05) is 31.2 Å². The van der Waals surface area contributed by atoms with Crippen LogP contribution >= 0.6 is 0 Å². The molecule has 1 aliphatic carbocycles. The van der Waals surface area contributed by atoms with Crippen molar-refractivity contribution in [2.24, 2.45) is 0 Å². The van der Waals surface area contributed by atoms with Crippen LogP contribution in [0.2, 0.25) is 0 Å². The molecule has 0 spiro atoms. The molecule has 1 N–H and O–H groups in total. The van der Waals surface area contributed by atoms with Crippen LogP contribution in [0, 0.1) is 0 Å². The Balaban J connectivity index is 1.63. The van der Waals surface area contributed by atoms with Crippen molar-refractivity contribution < 1.29 is 4.79 Å². The summed E-state index contributed by atoms with van der Waals surface area (Å²) in [5.41, 5.74) is 2.84. The summed E-state index contributed by atoms with van der Waals surface area (Å²) in [6.07, 6.45) is 4.66. The van der Waals surface area contributed by atoms with Crippen LogP contribution < -0.4 is 5.32 Å². The maximum atomic E-state index is 12.1. The molecule has 1 fully saturated rings. The quantitative estimate of drug-likeness (QED) is 0.917. The highest BCUT2D eigenvalue weighted by molar-refractivity contribution is 5.78. The first-order chi connectivity index (χ1) is 9.75. The Morgan fingerprint density at radius 1 is 1.20 bits per heavy atom. The first-order valence-electron chi connectivity index (χ1n) is 7.85. The summed E-state index contributed by atoms with van der Waals surface area (Å²) in [7, 11) is 0. The maximum Gasteiger partial charge on any atom is 0.236 e. The van der Waals surface area contributed by atoms with Gasteiger partial charge in [0.05, 0.1) is 6.54 Å². The Labute approximate surface area is 121 Å². The van der Waals surface area contributed by atoms with E-state index in [9.17, 15) is 4.79 Å². The van der Waals surface area contributed by atoms with E-state index in [2.05, 4.69) is 36.5 Å². The van der Waals surface area contributed by atoms with Gasteiger partial charge >= 0.3 is 0 Å². The zero-order valence-corrected chi connectivity index (χ0v) is 12.3. The number of rotatable bonds is 3. The van der Waals surface area contributed by atoms with E-state index in [1.165, 1.54) is 17.5 Å². The minimum atomic E-state index is 0.263. The number of benzene rings is 1. The number of nitrogens with one attached hydrogen (secondary N) is 1. The lowest BCUT2D eigenvalue weighted by Gasteiger charge is -2.30. The van der Waals surface area contributed by atoms with Crippen LogP contribution in [0.1, 0.15) is 55.7 Å². The standard InChI is InChI=1S/C17H24N2O/c1-13-8-9-16(15-7-3-2-6-14(13)15)18-12-17(20)19-10-4-5-11-19/h2-3,6-7,13,16,18H,4-5,8-12H2,1H3. The van der Waals surface area contributed by atoms with Gasteiger partial charge in [-0.3, -0.25) is 4.79 Å². The third-order valence-corrected chi connectivity index (χ3v) is 4.75. The summed E-state index contributed by atoms with van der Waals surface area (Å²) in [5, 5.41) is 3.48. The molecule has 1 amide bonds. The Morgan fingerprint density at radius 3 is 2.65 bits per heavy atom. The molecule has 3 rings (SSSR count). The van der Waals surface area contributed by atoms with E-state index in [0.29, 0.717) is 18.5 Å². The highest BCUT2D eigenvalue weighted by atomic mass is 16.2. The highest BCUT2D eigenvalue weighted by Crippen LogP contribution is 2.36. The second-order valence-corrected chi connectivity index (χ2v) is 6.13. The lowest BCUT2D eigenvalue weighted by molar-refractivity contribution is -0.129. The van der Waals surface area contributed by atoms with Crippen LogP contribution in [-0.4, -0.2) is 30.4 Å². The van der Waals surface area contributed by atoms with Gasteiger partial charge in [-0.2, -0.15) is 0 Å². The van der Waals surface area contributed by atoms with Gasteiger partial charge in [-0.15, -0.1) is 0 Å². The molecule has 0 radical (unpaired) electrons. The van der Waals surface area contributed by atoms with Gasteiger partial charge in [0.25, 0.3) is 0 Å². The number of fused-ring (bicyclic) bond motifs is 1. The Hall–Kier alpha value is -1.35. The molecular weight excluding hydrogens is 248 g/mol. The van der Waals surface area contributed by atoms with E-state index in [1.54, 1.807) is 0 Å². The van der Waals surface area contributed by atoms with Gasteiger partial charge in [0.1, 0.15) is 0 Å². The average Bonchev–Trinajstić information content (AvgIpc) is 3.01. The van der Waals surface area contributed by atoms with E-state index in [1.807, 2.05) is 4.90 Å². The first kappa shape index (κ1) is 13.6. The second kappa shape index (κ2) is 5.96. The molecule has 20 heavy (non-hydrogen) atoms. The smallest absolute Gasteiger partial charge is 0.236 e. The molecule has 3 heteroatoms. The van der Waals surface area contributed by atoms with Gasteiger partial charge in [0.2, 0.25) is 5.91 Å². The monoisotopic (exact) mass is 272 g/mol. The van der Waals surface area contributed by atoms with Crippen molar-refractivity contribution in [3.05, 3.63) is 35.4 Å². The lowest BCUT2D eigenvalue weighted by Crippen LogP contribution is -2.38. The Kier molecular flexibility index (Phi) is 4.06. The average molecular weight is 272 g/mol. The van der Waals surface area contributed by atoms with Crippen molar-refractivity contribution in [1.82, 2.24) is 10.2 Å². The van der Waals surface area contributed by atoms with E-state index >= 15 is 0 Å². The predicted molar refractivity (Wildman–Crippen MR) is 80.6 cm³/mol. The van der Waals surface area contributed by atoms with Crippen LogP contribution in [0.15, 0.2) is 24.3 Å². The topological polar surface area (TPSA) is 32.3 Å². The molecule has 1 heterocycles. The van der Waals surface area contributed by atoms with Gasteiger partial charge in [-0.05, 0) is 42.7 Å². The molecule has 1 aromatic carbocycles. The van der Waals surface area contributed by atoms with Gasteiger partial charge < -0.3 is 10.2 Å². The Morgan fingerprint density at radius 2 is 1.90 bits per heavy atom. The summed E-state index contributed by atoms with van der Waals surface area (Å²) >= 11 is 0. The van der Waals surface area contributed by atoms with Crippen molar-refractivity contribution >= 4 is 5.91 Å². The molecule has 3 nitrogen and oxygen atoms in total. The fourth-order valence-corrected chi connectivity index (χ4v) is 3.51. The molecule has 1 aliphatic heterocycles. The van der Waals surface area contributed by atoms with Gasteiger partial charge in [0, 0.05) is 19.1 Å². The molecule has 1 saturated heterocycles. The first-order valence-corrected chi connectivity index (χ1v) is 7.85. The molecule has 1 aromatic rings. The highest BCUT2D eigenvalue weighted by Gasteiger charge is 2.25. The molecule has 0 bridgehead atoms. The van der Waals surface area contributed by atoms with Crippen molar-refractivity contribution in [2.45, 2.75) is 44.6 Å². The number of nitrogens with zero attached hydrogens (tertiary/aromatic N) is 1. The lowest BCUT2D eigenvalue weighted by atomic mass is 9.81. The summed E-state index contributed by atoms with van der Waals surface area (Å²) < 4.78 is 0. The molecule has 2 aliphatic rings. The fraction of sp³-hybridized carbons (Fsp3) is 0.588. The number of hydrogen-bond donors (Lipinski definition) is 1. The number of likely N-dealkylation sites (tertiary alicyclic amines) is 1. The molecule has 108 valence electrons. The van der Waals surface area contributed by atoms with Crippen LogP contribution in [0.25, 0.3) is 0 Å². The zero-order chi connectivity index (χ0) is 13.9.